The monoisotopic (exact) mass is 279 g/mol. The SMILES string of the molecule is CC(C)=CCN1CCNc2c(N)cc(Cl)cc2C1C. The first-order chi connectivity index (χ1) is 8.99. The molecule has 1 aromatic carbocycles. The summed E-state index contributed by atoms with van der Waals surface area (Å²) < 4.78 is 0. The summed E-state index contributed by atoms with van der Waals surface area (Å²) in [6.45, 7) is 9.32. The number of benzene rings is 1. The Morgan fingerprint density at radius 1 is 1.53 bits per heavy atom. The zero-order valence-corrected chi connectivity index (χ0v) is 12.6. The van der Waals surface area contributed by atoms with Crippen molar-refractivity contribution in [3.05, 3.63) is 34.4 Å². The molecule has 0 radical (unpaired) electrons. The van der Waals surface area contributed by atoms with Crippen LogP contribution in [0.5, 0.6) is 0 Å². The standard InChI is InChI=1S/C15H22ClN3/c1-10(2)4-6-19-7-5-18-15-13(11(19)3)8-12(16)9-14(15)17/h4,8-9,11,18H,5-7,17H2,1-3H3. The Hall–Kier alpha value is -1.19. The predicted molar refractivity (Wildman–Crippen MR) is 83.8 cm³/mol. The maximum absolute atomic E-state index is 6.14. The van der Waals surface area contributed by atoms with Gasteiger partial charge in [-0.3, -0.25) is 4.90 Å². The fourth-order valence-corrected chi connectivity index (χ4v) is 2.68. The number of anilines is 2. The molecule has 0 saturated heterocycles. The van der Waals surface area contributed by atoms with Crippen LogP contribution in [0.15, 0.2) is 23.8 Å². The first-order valence-corrected chi connectivity index (χ1v) is 7.07. The van der Waals surface area contributed by atoms with Crippen molar-refractivity contribution in [1.82, 2.24) is 4.90 Å². The topological polar surface area (TPSA) is 41.3 Å². The van der Waals surface area contributed by atoms with E-state index in [-0.39, 0.29) is 0 Å². The predicted octanol–water partition coefficient (Wildman–Crippen LogP) is 3.68. The van der Waals surface area contributed by atoms with Gasteiger partial charge in [0.2, 0.25) is 0 Å². The molecule has 1 heterocycles. The molecule has 2 rings (SSSR count). The molecule has 0 fully saturated rings. The van der Waals surface area contributed by atoms with E-state index in [0.717, 1.165) is 31.0 Å². The van der Waals surface area contributed by atoms with Crippen molar-refractivity contribution in [3.63, 3.8) is 0 Å². The van der Waals surface area contributed by atoms with Gasteiger partial charge in [-0.25, -0.2) is 0 Å². The molecule has 0 aromatic heterocycles. The Kier molecular flexibility index (Phi) is 4.38. The third-order valence-corrected chi connectivity index (χ3v) is 3.81. The molecular formula is C15H22ClN3. The number of rotatable bonds is 2. The van der Waals surface area contributed by atoms with E-state index in [1.807, 2.05) is 12.1 Å². The van der Waals surface area contributed by atoms with Crippen molar-refractivity contribution >= 4 is 23.0 Å². The summed E-state index contributed by atoms with van der Waals surface area (Å²) in [6, 6.07) is 4.14. The van der Waals surface area contributed by atoms with E-state index in [4.69, 9.17) is 17.3 Å². The third-order valence-electron chi connectivity index (χ3n) is 3.60. The highest BCUT2D eigenvalue weighted by atomic mass is 35.5. The van der Waals surface area contributed by atoms with Crippen molar-refractivity contribution < 1.29 is 0 Å². The van der Waals surface area contributed by atoms with Crippen molar-refractivity contribution in [1.29, 1.82) is 0 Å². The van der Waals surface area contributed by atoms with Crippen LogP contribution in [0, 0.1) is 0 Å². The summed E-state index contributed by atoms with van der Waals surface area (Å²) in [5, 5.41) is 4.13. The van der Waals surface area contributed by atoms with Gasteiger partial charge in [-0.15, -0.1) is 0 Å². The van der Waals surface area contributed by atoms with Crippen LogP contribution in [0.1, 0.15) is 32.4 Å². The average molecular weight is 280 g/mol. The van der Waals surface area contributed by atoms with Crippen LogP contribution in [0.2, 0.25) is 5.02 Å². The first kappa shape index (κ1) is 14.2. The number of nitrogens with one attached hydrogen (secondary N) is 1. The van der Waals surface area contributed by atoms with Crippen molar-refractivity contribution in [2.24, 2.45) is 0 Å². The van der Waals surface area contributed by atoms with Gasteiger partial charge in [0.25, 0.3) is 0 Å². The Bertz CT molecular complexity index is 492. The summed E-state index contributed by atoms with van der Waals surface area (Å²) in [4.78, 5) is 2.43. The Labute approximate surface area is 120 Å². The fraction of sp³-hybridized carbons (Fsp3) is 0.467. The molecule has 3 nitrogen and oxygen atoms in total. The summed E-state index contributed by atoms with van der Waals surface area (Å²) in [5.74, 6) is 0. The van der Waals surface area contributed by atoms with E-state index in [9.17, 15) is 0 Å². The summed E-state index contributed by atoms with van der Waals surface area (Å²) in [7, 11) is 0. The molecule has 19 heavy (non-hydrogen) atoms. The molecule has 4 heteroatoms. The van der Waals surface area contributed by atoms with Crippen molar-refractivity contribution in [2.45, 2.75) is 26.8 Å². The molecule has 104 valence electrons. The van der Waals surface area contributed by atoms with E-state index >= 15 is 0 Å². The molecule has 0 spiro atoms. The maximum atomic E-state index is 6.14. The third kappa shape index (κ3) is 3.23. The van der Waals surface area contributed by atoms with Crippen LogP contribution in [0.4, 0.5) is 11.4 Å². The highest BCUT2D eigenvalue weighted by molar-refractivity contribution is 6.31. The van der Waals surface area contributed by atoms with E-state index in [2.05, 4.69) is 37.1 Å². The van der Waals surface area contributed by atoms with Gasteiger partial charge in [-0.1, -0.05) is 23.3 Å². The lowest BCUT2D eigenvalue weighted by Crippen LogP contribution is -2.29. The molecule has 0 amide bonds. The van der Waals surface area contributed by atoms with Crippen LogP contribution in [0.25, 0.3) is 0 Å². The summed E-state index contributed by atoms with van der Waals surface area (Å²) in [5.41, 5.74) is 10.4. The van der Waals surface area contributed by atoms with Gasteiger partial charge in [0.1, 0.15) is 0 Å². The molecule has 1 aliphatic heterocycles. The smallest absolute Gasteiger partial charge is 0.0623 e. The van der Waals surface area contributed by atoms with Gasteiger partial charge in [0.05, 0.1) is 11.4 Å². The maximum Gasteiger partial charge on any atom is 0.0623 e. The van der Waals surface area contributed by atoms with Crippen molar-refractivity contribution in [2.75, 3.05) is 30.7 Å². The molecule has 0 saturated carbocycles. The van der Waals surface area contributed by atoms with Gasteiger partial charge < -0.3 is 11.1 Å². The van der Waals surface area contributed by atoms with Gasteiger partial charge in [-0.2, -0.15) is 0 Å². The molecular weight excluding hydrogens is 258 g/mol. The molecule has 1 aromatic rings. The quantitative estimate of drug-likeness (QED) is 0.641. The van der Waals surface area contributed by atoms with Crippen LogP contribution in [0.3, 0.4) is 0 Å². The molecule has 0 bridgehead atoms. The van der Waals surface area contributed by atoms with Gasteiger partial charge in [0, 0.05) is 30.7 Å². The Balaban J connectivity index is 2.33. The lowest BCUT2D eigenvalue weighted by atomic mass is 10.0. The number of nitrogen functional groups attached to an aromatic ring is 1. The number of nitrogens with two attached hydrogens (primary N) is 1. The van der Waals surface area contributed by atoms with Gasteiger partial charge in [-0.05, 0) is 38.5 Å². The molecule has 1 aliphatic rings. The van der Waals surface area contributed by atoms with E-state index < -0.39 is 0 Å². The molecule has 1 atom stereocenters. The number of fused-ring (bicyclic) bond motifs is 1. The van der Waals surface area contributed by atoms with E-state index in [1.165, 1.54) is 11.1 Å². The number of hydrogen-bond donors (Lipinski definition) is 2. The van der Waals surface area contributed by atoms with Crippen LogP contribution < -0.4 is 11.1 Å². The second kappa shape index (κ2) is 5.85. The zero-order chi connectivity index (χ0) is 14.0. The van der Waals surface area contributed by atoms with Gasteiger partial charge >= 0.3 is 0 Å². The van der Waals surface area contributed by atoms with E-state index in [0.29, 0.717) is 11.1 Å². The second-order valence-electron chi connectivity index (χ2n) is 5.34. The highest BCUT2D eigenvalue weighted by Crippen LogP contribution is 2.36. The molecule has 0 aliphatic carbocycles. The summed E-state index contributed by atoms with van der Waals surface area (Å²) in [6.07, 6.45) is 2.26. The van der Waals surface area contributed by atoms with E-state index in [1.54, 1.807) is 0 Å². The minimum absolute atomic E-state index is 0.307. The van der Waals surface area contributed by atoms with Crippen LogP contribution in [-0.4, -0.2) is 24.5 Å². The highest BCUT2D eigenvalue weighted by Gasteiger charge is 2.22. The summed E-state index contributed by atoms with van der Waals surface area (Å²) >= 11 is 6.14. The average Bonchev–Trinajstić information content (AvgIpc) is 2.48. The van der Waals surface area contributed by atoms with Crippen LogP contribution in [-0.2, 0) is 0 Å². The number of hydrogen-bond acceptors (Lipinski definition) is 3. The minimum atomic E-state index is 0.307. The fourth-order valence-electron chi connectivity index (χ4n) is 2.45. The minimum Gasteiger partial charge on any atom is -0.397 e. The number of nitrogens with zero attached hydrogens (tertiary/aromatic N) is 1. The number of halogens is 1. The van der Waals surface area contributed by atoms with Crippen LogP contribution >= 0.6 is 11.6 Å². The van der Waals surface area contributed by atoms with Gasteiger partial charge in [0.15, 0.2) is 0 Å². The Morgan fingerprint density at radius 3 is 2.95 bits per heavy atom. The molecule has 1 unspecified atom stereocenters. The Morgan fingerprint density at radius 2 is 2.26 bits per heavy atom. The lowest BCUT2D eigenvalue weighted by molar-refractivity contribution is 0.248. The zero-order valence-electron chi connectivity index (χ0n) is 11.8. The number of allylic oxidation sites excluding steroid dienone is 1. The first-order valence-electron chi connectivity index (χ1n) is 6.69. The lowest BCUT2D eigenvalue weighted by Gasteiger charge is -2.26. The van der Waals surface area contributed by atoms with Crippen molar-refractivity contribution in [3.8, 4) is 0 Å². The molecule has 3 N–H and O–H groups in total. The normalized spacial score (nSPS) is 19.3. The second-order valence-corrected chi connectivity index (χ2v) is 5.77. The largest absolute Gasteiger partial charge is 0.397 e.